The Morgan fingerprint density at radius 1 is 1.36 bits per heavy atom. The maximum atomic E-state index is 11.9. The van der Waals surface area contributed by atoms with Crippen LogP contribution in [0, 0.1) is 5.92 Å². The molecule has 0 bridgehead atoms. The second-order valence-corrected chi connectivity index (χ2v) is 6.97. The highest BCUT2D eigenvalue weighted by Crippen LogP contribution is 2.43. The molecule has 2 aromatic heterocycles. The van der Waals surface area contributed by atoms with Gasteiger partial charge in [0.05, 0.1) is 0 Å². The maximum Gasteiger partial charge on any atom is 0.275 e. The fourth-order valence-corrected chi connectivity index (χ4v) is 4.81. The Morgan fingerprint density at radius 2 is 2.18 bits per heavy atom. The van der Waals surface area contributed by atoms with E-state index in [1.54, 1.807) is 0 Å². The first-order chi connectivity index (χ1) is 10.6. The summed E-state index contributed by atoms with van der Waals surface area (Å²) in [7, 11) is 0. The number of nitrogens with zero attached hydrogens (tertiary/aromatic N) is 4. The SMILES string of the molecule is NC(=O)[C@@H]1C[C@@H]2CCCC[C@H]2N1c1nn2c(=O)ccnc2s1. The van der Waals surface area contributed by atoms with Crippen molar-refractivity contribution in [3.8, 4) is 0 Å². The standard InChI is InChI=1S/C14H17N5O2S/c15-12(21)10-7-8-3-1-2-4-9(8)18(10)14-17-19-11(20)5-6-16-13(19)22-14/h5-6,8-10H,1-4,7H2,(H2,15,21)/t8-,9+,10-/m0/s1. The lowest BCUT2D eigenvalue weighted by Gasteiger charge is -2.32. The normalized spacial score (nSPS) is 28.0. The van der Waals surface area contributed by atoms with E-state index in [4.69, 9.17) is 5.73 Å². The summed E-state index contributed by atoms with van der Waals surface area (Å²) in [6, 6.07) is 1.35. The molecule has 1 aliphatic carbocycles. The van der Waals surface area contributed by atoms with E-state index in [2.05, 4.69) is 10.1 Å². The summed E-state index contributed by atoms with van der Waals surface area (Å²) in [6.45, 7) is 0. The van der Waals surface area contributed by atoms with Gasteiger partial charge >= 0.3 is 0 Å². The van der Waals surface area contributed by atoms with Crippen molar-refractivity contribution in [1.82, 2.24) is 14.6 Å². The van der Waals surface area contributed by atoms with Gasteiger partial charge in [-0.05, 0) is 25.2 Å². The van der Waals surface area contributed by atoms with Crippen LogP contribution in [0.2, 0.25) is 0 Å². The Labute approximate surface area is 130 Å². The van der Waals surface area contributed by atoms with Gasteiger partial charge in [0.1, 0.15) is 6.04 Å². The molecule has 0 unspecified atom stereocenters. The molecule has 0 radical (unpaired) electrons. The predicted octanol–water partition coefficient (Wildman–Crippen LogP) is 0.774. The van der Waals surface area contributed by atoms with Gasteiger partial charge in [-0.25, -0.2) is 4.98 Å². The number of carbonyl (C=O) groups is 1. The monoisotopic (exact) mass is 319 g/mol. The number of aromatic nitrogens is 3. The molecule has 22 heavy (non-hydrogen) atoms. The van der Waals surface area contributed by atoms with Crippen LogP contribution in [0.5, 0.6) is 0 Å². The third-order valence-corrected chi connectivity index (χ3v) is 5.73. The number of carbonyl (C=O) groups excluding carboxylic acids is 1. The molecule has 116 valence electrons. The molecule has 7 nitrogen and oxygen atoms in total. The Kier molecular flexibility index (Phi) is 3.14. The van der Waals surface area contributed by atoms with Crippen LogP contribution in [0.15, 0.2) is 17.1 Å². The smallest absolute Gasteiger partial charge is 0.275 e. The minimum Gasteiger partial charge on any atom is -0.368 e. The molecule has 2 fully saturated rings. The summed E-state index contributed by atoms with van der Waals surface area (Å²) in [6.07, 6.45) is 6.82. The first kappa shape index (κ1) is 13.7. The lowest BCUT2D eigenvalue weighted by molar-refractivity contribution is -0.119. The van der Waals surface area contributed by atoms with Gasteiger partial charge in [-0.2, -0.15) is 4.52 Å². The van der Waals surface area contributed by atoms with E-state index in [0.29, 0.717) is 22.1 Å². The number of rotatable bonds is 2. The second kappa shape index (κ2) is 5.05. The van der Waals surface area contributed by atoms with Crippen molar-refractivity contribution in [1.29, 1.82) is 0 Å². The highest BCUT2D eigenvalue weighted by atomic mass is 32.1. The van der Waals surface area contributed by atoms with Crippen LogP contribution >= 0.6 is 11.3 Å². The highest BCUT2D eigenvalue weighted by Gasteiger charge is 2.45. The summed E-state index contributed by atoms with van der Waals surface area (Å²) >= 11 is 1.34. The molecule has 0 spiro atoms. The lowest BCUT2D eigenvalue weighted by atomic mass is 9.85. The van der Waals surface area contributed by atoms with Gasteiger partial charge in [0, 0.05) is 18.3 Å². The molecule has 2 aromatic rings. The van der Waals surface area contributed by atoms with Crippen molar-refractivity contribution < 1.29 is 4.79 Å². The quantitative estimate of drug-likeness (QED) is 0.882. The summed E-state index contributed by atoms with van der Waals surface area (Å²) < 4.78 is 1.30. The van der Waals surface area contributed by atoms with E-state index in [9.17, 15) is 9.59 Å². The van der Waals surface area contributed by atoms with Crippen molar-refractivity contribution in [2.45, 2.75) is 44.2 Å². The molecular formula is C14H17N5O2S. The second-order valence-electron chi connectivity index (χ2n) is 6.04. The molecule has 1 saturated heterocycles. The fourth-order valence-electron chi connectivity index (χ4n) is 3.83. The first-order valence-electron chi connectivity index (χ1n) is 7.57. The molecule has 1 aliphatic heterocycles. The van der Waals surface area contributed by atoms with Crippen LogP contribution < -0.4 is 16.2 Å². The van der Waals surface area contributed by atoms with Gasteiger partial charge in [0.15, 0.2) is 0 Å². The van der Waals surface area contributed by atoms with E-state index in [1.807, 2.05) is 4.90 Å². The van der Waals surface area contributed by atoms with E-state index >= 15 is 0 Å². The Morgan fingerprint density at radius 3 is 2.95 bits per heavy atom. The molecule has 1 amide bonds. The Balaban J connectivity index is 1.81. The summed E-state index contributed by atoms with van der Waals surface area (Å²) in [4.78, 5) is 30.5. The molecule has 2 N–H and O–H groups in total. The van der Waals surface area contributed by atoms with Gasteiger partial charge in [-0.3, -0.25) is 9.59 Å². The molecule has 0 aromatic carbocycles. The van der Waals surface area contributed by atoms with Crippen LogP contribution in [0.4, 0.5) is 5.13 Å². The minimum atomic E-state index is -0.329. The number of primary amides is 1. The Bertz CT molecular complexity index is 785. The zero-order valence-corrected chi connectivity index (χ0v) is 12.8. The van der Waals surface area contributed by atoms with Crippen molar-refractivity contribution in [2.24, 2.45) is 11.7 Å². The van der Waals surface area contributed by atoms with Crippen LogP contribution in [-0.2, 0) is 4.79 Å². The van der Waals surface area contributed by atoms with Crippen LogP contribution in [-0.4, -0.2) is 32.6 Å². The topological polar surface area (TPSA) is 93.6 Å². The van der Waals surface area contributed by atoms with Gasteiger partial charge in [0.25, 0.3) is 5.56 Å². The van der Waals surface area contributed by atoms with E-state index in [-0.39, 0.29) is 17.5 Å². The molecule has 3 heterocycles. The largest absolute Gasteiger partial charge is 0.368 e. The van der Waals surface area contributed by atoms with E-state index in [1.165, 1.54) is 34.5 Å². The van der Waals surface area contributed by atoms with E-state index < -0.39 is 0 Å². The number of hydrogen-bond donors (Lipinski definition) is 1. The molecule has 4 rings (SSSR count). The van der Waals surface area contributed by atoms with Gasteiger partial charge in [0.2, 0.25) is 16.0 Å². The molecule has 8 heteroatoms. The molecule has 1 saturated carbocycles. The van der Waals surface area contributed by atoms with Crippen molar-refractivity contribution >= 4 is 27.3 Å². The first-order valence-corrected chi connectivity index (χ1v) is 8.39. The highest BCUT2D eigenvalue weighted by molar-refractivity contribution is 7.20. The van der Waals surface area contributed by atoms with Gasteiger partial charge in [-0.15, -0.1) is 5.10 Å². The maximum absolute atomic E-state index is 11.9. The summed E-state index contributed by atoms with van der Waals surface area (Å²) in [5, 5.41) is 5.07. The average molecular weight is 319 g/mol. The van der Waals surface area contributed by atoms with Crippen LogP contribution in [0.1, 0.15) is 32.1 Å². The van der Waals surface area contributed by atoms with E-state index in [0.717, 1.165) is 25.7 Å². The molecule has 3 atom stereocenters. The summed E-state index contributed by atoms with van der Waals surface area (Å²) in [5.74, 6) is 0.178. The van der Waals surface area contributed by atoms with Crippen molar-refractivity contribution in [3.05, 3.63) is 22.6 Å². The average Bonchev–Trinajstić information content (AvgIpc) is 3.08. The Hall–Kier alpha value is -1.96. The number of fused-ring (bicyclic) bond motifs is 2. The number of anilines is 1. The third-order valence-electron chi connectivity index (χ3n) is 4.80. The molecule has 2 aliphatic rings. The fraction of sp³-hybridized carbons (Fsp3) is 0.571. The van der Waals surface area contributed by atoms with Crippen LogP contribution in [0.25, 0.3) is 4.96 Å². The van der Waals surface area contributed by atoms with Crippen molar-refractivity contribution in [2.75, 3.05) is 4.90 Å². The van der Waals surface area contributed by atoms with Crippen LogP contribution in [0.3, 0.4) is 0 Å². The number of hydrogen-bond acceptors (Lipinski definition) is 6. The lowest BCUT2D eigenvalue weighted by Crippen LogP contribution is -2.45. The zero-order valence-electron chi connectivity index (χ0n) is 12.0. The minimum absolute atomic E-state index is 0.206. The predicted molar refractivity (Wildman–Crippen MR) is 83.0 cm³/mol. The van der Waals surface area contributed by atoms with Crippen molar-refractivity contribution in [3.63, 3.8) is 0 Å². The van der Waals surface area contributed by atoms with Gasteiger partial charge < -0.3 is 10.6 Å². The molecular weight excluding hydrogens is 302 g/mol. The van der Waals surface area contributed by atoms with Gasteiger partial charge in [-0.1, -0.05) is 24.2 Å². The number of amides is 1. The third kappa shape index (κ3) is 2.01. The summed E-state index contributed by atoms with van der Waals surface area (Å²) in [5.41, 5.74) is 5.41. The number of nitrogens with two attached hydrogens (primary N) is 1. The zero-order chi connectivity index (χ0) is 15.3.